The first-order chi connectivity index (χ1) is 7.20. The van der Waals surface area contributed by atoms with Crippen molar-refractivity contribution < 1.29 is 14.3 Å². The number of rotatable bonds is 3. The smallest absolute Gasteiger partial charge is 0.338 e. The first kappa shape index (κ1) is 11.9. The van der Waals surface area contributed by atoms with Gasteiger partial charge >= 0.3 is 5.97 Å². The number of nitrogens with zero attached hydrogens (tertiary/aromatic N) is 1. The van der Waals surface area contributed by atoms with Crippen LogP contribution in [0.15, 0.2) is 11.5 Å². The van der Waals surface area contributed by atoms with Gasteiger partial charge in [-0.15, -0.1) is 0 Å². The first-order valence-corrected chi connectivity index (χ1v) is 5.28. The van der Waals surface area contributed by atoms with E-state index in [1.54, 1.807) is 14.0 Å². The highest BCUT2D eigenvalue weighted by atomic mass is 16.5. The van der Waals surface area contributed by atoms with Gasteiger partial charge in [-0.25, -0.2) is 4.79 Å². The molecule has 0 N–H and O–H groups in total. The molecule has 1 heterocycles. The van der Waals surface area contributed by atoms with Crippen molar-refractivity contribution >= 4 is 5.97 Å². The van der Waals surface area contributed by atoms with Crippen LogP contribution in [0.4, 0.5) is 0 Å². The maximum atomic E-state index is 11.4. The molecule has 1 rings (SSSR count). The number of ether oxygens (including phenoxy) is 2. The minimum atomic E-state index is -0.322. The summed E-state index contributed by atoms with van der Waals surface area (Å²) in [4.78, 5) is 13.5. The molecule has 0 aromatic rings. The van der Waals surface area contributed by atoms with E-state index in [9.17, 15) is 4.79 Å². The van der Waals surface area contributed by atoms with E-state index in [0.29, 0.717) is 11.5 Å². The molecule has 4 heteroatoms. The van der Waals surface area contributed by atoms with Gasteiger partial charge in [-0.1, -0.05) is 0 Å². The molecular weight excluding hydrogens is 194 g/mol. The molecule has 15 heavy (non-hydrogen) atoms. The number of hydrogen-bond donors (Lipinski definition) is 0. The zero-order valence-corrected chi connectivity index (χ0v) is 9.71. The molecule has 0 unspecified atom stereocenters. The summed E-state index contributed by atoms with van der Waals surface area (Å²) in [7, 11) is 2.98. The molecule has 0 amide bonds. The molecule has 1 aliphatic rings. The Kier molecular flexibility index (Phi) is 4.46. The van der Waals surface area contributed by atoms with Crippen molar-refractivity contribution in [2.45, 2.75) is 26.2 Å². The van der Waals surface area contributed by atoms with Crippen LogP contribution in [0.5, 0.6) is 0 Å². The minimum absolute atomic E-state index is 0.322. The lowest BCUT2D eigenvalue weighted by Gasteiger charge is -2.30. The van der Waals surface area contributed by atoms with E-state index in [2.05, 4.69) is 9.64 Å². The predicted octanol–water partition coefficient (Wildman–Crippen LogP) is 1.52. The van der Waals surface area contributed by atoms with Crippen molar-refractivity contribution in [1.82, 2.24) is 4.90 Å². The number of likely N-dealkylation sites (tertiary alicyclic amines) is 1. The Bertz CT molecular complexity index is 255. The maximum absolute atomic E-state index is 11.4. The lowest BCUT2D eigenvalue weighted by atomic mass is 10.1. The summed E-state index contributed by atoms with van der Waals surface area (Å²) in [6.07, 6.45) is 3.56. The van der Waals surface area contributed by atoms with Gasteiger partial charge in [0.1, 0.15) is 0 Å². The van der Waals surface area contributed by atoms with Crippen molar-refractivity contribution in [3.63, 3.8) is 0 Å². The summed E-state index contributed by atoms with van der Waals surface area (Å²) in [6.45, 7) is 3.65. The molecule has 0 aromatic carbocycles. The zero-order valence-electron chi connectivity index (χ0n) is 9.71. The van der Waals surface area contributed by atoms with Crippen LogP contribution in [-0.2, 0) is 14.3 Å². The maximum Gasteiger partial charge on any atom is 0.338 e. The van der Waals surface area contributed by atoms with Crippen LogP contribution >= 0.6 is 0 Å². The first-order valence-electron chi connectivity index (χ1n) is 5.28. The predicted molar refractivity (Wildman–Crippen MR) is 57.1 cm³/mol. The van der Waals surface area contributed by atoms with Crippen molar-refractivity contribution in [2.75, 3.05) is 27.3 Å². The van der Waals surface area contributed by atoms with E-state index in [0.717, 1.165) is 25.9 Å². The van der Waals surface area contributed by atoms with Crippen LogP contribution < -0.4 is 0 Å². The zero-order chi connectivity index (χ0) is 11.3. The molecule has 0 aromatic heterocycles. The molecule has 0 bridgehead atoms. The number of carbonyl (C=O) groups excluding carboxylic acids is 1. The standard InChI is InChI=1S/C11H19NO3/c1-9(11(13)15-3)10(14-2)12-7-5-4-6-8-12/h4-8H2,1-3H3/b10-9-. The largest absolute Gasteiger partial charge is 0.482 e. The highest BCUT2D eigenvalue weighted by Gasteiger charge is 2.19. The van der Waals surface area contributed by atoms with Crippen LogP contribution in [0.25, 0.3) is 0 Å². The number of carbonyl (C=O) groups is 1. The fraction of sp³-hybridized carbons (Fsp3) is 0.727. The average Bonchev–Trinajstić information content (AvgIpc) is 2.30. The van der Waals surface area contributed by atoms with Gasteiger partial charge in [0.15, 0.2) is 5.88 Å². The Morgan fingerprint density at radius 1 is 1.07 bits per heavy atom. The molecule has 0 saturated carbocycles. The Morgan fingerprint density at radius 2 is 1.67 bits per heavy atom. The topological polar surface area (TPSA) is 38.8 Å². The summed E-state index contributed by atoms with van der Waals surface area (Å²) in [5.41, 5.74) is 0.543. The molecule has 86 valence electrons. The third kappa shape index (κ3) is 2.88. The van der Waals surface area contributed by atoms with Gasteiger partial charge in [-0.3, -0.25) is 0 Å². The Hall–Kier alpha value is -1.19. The minimum Gasteiger partial charge on any atom is -0.482 e. The molecular formula is C11H19NO3. The van der Waals surface area contributed by atoms with Gasteiger partial charge in [0, 0.05) is 13.1 Å². The lowest BCUT2D eigenvalue weighted by molar-refractivity contribution is -0.136. The van der Waals surface area contributed by atoms with Crippen LogP contribution in [-0.4, -0.2) is 38.2 Å². The van der Waals surface area contributed by atoms with E-state index < -0.39 is 0 Å². The quantitative estimate of drug-likeness (QED) is 0.405. The van der Waals surface area contributed by atoms with Crippen molar-refractivity contribution in [2.24, 2.45) is 0 Å². The van der Waals surface area contributed by atoms with Crippen LogP contribution in [0.3, 0.4) is 0 Å². The summed E-state index contributed by atoms with van der Waals surface area (Å²) in [5.74, 6) is 0.332. The molecule has 0 aliphatic carbocycles. The van der Waals surface area contributed by atoms with Gasteiger partial charge in [-0.05, 0) is 26.2 Å². The molecule has 0 radical (unpaired) electrons. The third-order valence-corrected chi connectivity index (χ3v) is 2.65. The van der Waals surface area contributed by atoms with Crippen molar-refractivity contribution in [3.8, 4) is 0 Å². The molecule has 1 aliphatic heterocycles. The van der Waals surface area contributed by atoms with E-state index in [1.165, 1.54) is 13.5 Å². The van der Waals surface area contributed by atoms with E-state index in [1.807, 2.05) is 0 Å². The molecule has 1 saturated heterocycles. The number of piperidine rings is 1. The van der Waals surface area contributed by atoms with Crippen LogP contribution in [0.1, 0.15) is 26.2 Å². The highest BCUT2D eigenvalue weighted by Crippen LogP contribution is 2.18. The fourth-order valence-corrected chi connectivity index (χ4v) is 1.86. The van der Waals surface area contributed by atoms with Gasteiger partial charge < -0.3 is 14.4 Å². The van der Waals surface area contributed by atoms with Gasteiger partial charge in [0.2, 0.25) is 0 Å². The summed E-state index contributed by atoms with van der Waals surface area (Å²) in [6, 6.07) is 0. The number of esters is 1. The summed E-state index contributed by atoms with van der Waals surface area (Å²) >= 11 is 0. The fourth-order valence-electron chi connectivity index (χ4n) is 1.86. The Balaban J connectivity index is 2.79. The Morgan fingerprint density at radius 3 is 2.13 bits per heavy atom. The normalized spacial score (nSPS) is 18.2. The Labute approximate surface area is 90.8 Å². The summed E-state index contributed by atoms with van der Waals surface area (Å²) in [5, 5.41) is 0. The second-order valence-corrected chi connectivity index (χ2v) is 3.67. The number of hydrogen-bond acceptors (Lipinski definition) is 4. The van der Waals surface area contributed by atoms with E-state index >= 15 is 0 Å². The van der Waals surface area contributed by atoms with E-state index in [4.69, 9.17) is 4.74 Å². The highest BCUT2D eigenvalue weighted by molar-refractivity contribution is 5.88. The van der Waals surface area contributed by atoms with Gasteiger partial charge in [-0.2, -0.15) is 0 Å². The molecule has 1 fully saturated rings. The van der Waals surface area contributed by atoms with Crippen molar-refractivity contribution in [1.29, 1.82) is 0 Å². The summed E-state index contributed by atoms with van der Waals surface area (Å²) < 4.78 is 9.96. The van der Waals surface area contributed by atoms with Gasteiger partial charge in [0.25, 0.3) is 0 Å². The molecule has 0 atom stereocenters. The third-order valence-electron chi connectivity index (χ3n) is 2.65. The second-order valence-electron chi connectivity index (χ2n) is 3.67. The average molecular weight is 213 g/mol. The van der Waals surface area contributed by atoms with Crippen LogP contribution in [0, 0.1) is 0 Å². The van der Waals surface area contributed by atoms with Gasteiger partial charge in [0.05, 0.1) is 19.8 Å². The monoisotopic (exact) mass is 213 g/mol. The van der Waals surface area contributed by atoms with Crippen LogP contribution in [0.2, 0.25) is 0 Å². The van der Waals surface area contributed by atoms with E-state index in [-0.39, 0.29) is 5.97 Å². The lowest BCUT2D eigenvalue weighted by Crippen LogP contribution is -2.31. The van der Waals surface area contributed by atoms with Crippen molar-refractivity contribution in [3.05, 3.63) is 11.5 Å². The molecule has 0 spiro atoms. The second kappa shape index (κ2) is 5.63. The number of methoxy groups -OCH3 is 2. The SMILES string of the molecule is COC(=O)/C(C)=C(\OC)N1CCCCC1. The molecule has 4 nitrogen and oxygen atoms in total.